The standard InChI is InChI=1S/C17H14O8/c1-21-9-4-11(23-14(19)6-8-2-3-13(18)22-8)16-10-7-15(20)25-17(10)24-12(16)5-9/h4-6,10,17H,2-3,7H2,1H3/b8-6+/t10-,17-/m0/s1. The fraction of sp³-hybridized carbons (Fsp3) is 0.353. The molecule has 2 saturated heterocycles. The third kappa shape index (κ3) is 2.79. The molecule has 1 aromatic carbocycles. The van der Waals surface area contributed by atoms with Crippen molar-refractivity contribution in [3.63, 3.8) is 0 Å². The monoisotopic (exact) mass is 346 g/mol. The van der Waals surface area contributed by atoms with E-state index in [1.807, 2.05) is 0 Å². The number of ether oxygens (including phenoxy) is 5. The lowest BCUT2D eigenvalue weighted by molar-refractivity contribution is -0.150. The van der Waals surface area contributed by atoms with E-state index in [1.54, 1.807) is 12.1 Å². The van der Waals surface area contributed by atoms with Crippen LogP contribution in [0.25, 0.3) is 0 Å². The zero-order chi connectivity index (χ0) is 17.6. The van der Waals surface area contributed by atoms with Crippen LogP contribution < -0.4 is 14.2 Å². The van der Waals surface area contributed by atoms with E-state index < -0.39 is 12.3 Å². The molecular formula is C17H14O8. The zero-order valence-corrected chi connectivity index (χ0v) is 13.3. The van der Waals surface area contributed by atoms with Crippen LogP contribution in [-0.2, 0) is 23.9 Å². The fourth-order valence-corrected chi connectivity index (χ4v) is 3.09. The summed E-state index contributed by atoms with van der Waals surface area (Å²) in [6.07, 6.45) is 1.17. The second kappa shape index (κ2) is 5.80. The minimum atomic E-state index is -0.721. The summed E-state index contributed by atoms with van der Waals surface area (Å²) in [6, 6.07) is 3.19. The second-order valence-electron chi connectivity index (χ2n) is 5.83. The highest BCUT2D eigenvalue weighted by atomic mass is 16.7. The van der Waals surface area contributed by atoms with Crippen molar-refractivity contribution in [1.82, 2.24) is 0 Å². The quantitative estimate of drug-likeness (QED) is 0.462. The summed E-state index contributed by atoms with van der Waals surface area (Å²) >= 11 is 0. The molecule has 2 fully saturated rings. The van der Waals surface area contributed by atoms with Crippen LogP contribution in [0.3, 0.4) is 0 Å². The first-order valence-corrected chi connectivity index (χ1v) is 7.74. The fourth-order valence-electron chi connectivity index (χ4n) is 3.09. The van der Waals surface area contributed by atoms with E-state index >= 15 is 0 Å². The van der Waals surface area contributed by atoms with Crippen molar-refractivity contribution in [3.8, 4) is 17.2 Å². The van der Waals surface area contributed by atoms with Gasteiger partial charge in [0.05, 0.1) is 31.9 Å². The molecule has 2 atom stereocenters. The Morgan fingerprint density at radius 3 is 2.76 bits per heavy atom. The SMILES string of the molecule is COc1cc(OC(=O)/C=C2\CCC(=O)O2)c2c(c1)O[C@H]1OC(=O)C[C@@H]21. The highest BCUT2D eigenvalue weighted by Gasteiger charge is 2.46. The minimum Gasteiger partial charge on any atom is -0.496 e. The molecule has 3 aliphatic heterocycles. The normalized spacial score (nSPS) is 25.1. The molecule has 0 bridgehead atoms. The Morgan fingerprint density at radius 2 is 2.04 bits per heavy atom. The summed E-state index contributed by atoms with van der Waals surface area (Å²) in [5, 5.41) is 0. The number of fused-ring (bicyclic) bond motifs is 3. The average Bonchev–Trinajstić information content (AvgIpc) is 3.20. The number of methoxy groups -OCH3 is 1. The number of carbonyl (C=O) groups is 3. The molecule has 130 valence electrons. The van der Waals surface area contributed by atoms with E-state index in [0.717, 1.165) is 6.08 Å². The molecule has 8 nitrogen and oxygen atoms in total. The van der Waals surface area contributed by atoms with Crippen molar-refractivity contribution in [3.05, 3.63) is 29.5 Å². The molecule has 8 heteroatoms. The van der Waals surface area contributed by atoms with E-state index in [0.29, 0.717) is 23.5 Å². The van der Waals surface area contributed by atoms with Crippen LogP contribution in [0.2, 0.25) is 0 Å². The van der Waals surface area contributed by atoms with Crippen molar-refractivity contribution in [2.45, 2.75) is 31.5 Å². The molecule has 0 aliphatic carbocycles. The predicted octanol–water partition coefficient (Wildman–Crippen LogP) is 1.57. The number of allylic oxidation sites excluding steroid dienone is 1. The van der Waals surface area contributed by atoms with Gasteiger partial charge in [-0.05, 0) is 0 Å². The topological polar surface area (TPSA) is 97.4 Å². The number of benzene rings is 1. The number of esters is 3. The van der Waals surface area contributed by atoms with Crippen molar-refractivity contribution in [2.24, 2.45) is 0 Å². The van der Waals surface area contributed by atoms with Gasteiger partial charge in [-0.3, -0.25) is 9.59 Å². The van der Waals surface area contributed by atoms with Crippen LogP contribution in [-0.4, -0.2) is 31.3 Å². The molecule has 0 amide bonds. The lowest BCUT2D eigenvalue weighted by atomic mass is 9.97. The summed E-state index contributed by atoms with van der Waals surface area (Å²) < 4.78 is 26.2. The maximum atomic E-state index is 12.2. The third-order valence-electron chi connectivity index (χ3n) is 4.20. The van der Waals surface area contributed by atoms with Crippen LogP contribution in [0.5, 0.6) is 17.2 Å². The smallest absolute Gasteiger partial charge is 0.339 e. The number of hydrogen-bond donors (Lipinski definition) is 0. The Kier molecular flexibility index (Phi) is 3.60. The van der Waals surface area contributed by atoms with Crippen molar-refractivity contribution < 1.29 is 38.1 Å². The molecule has 25 heavy (non-hydrogen) atoms. The van der Waals surface area contributed by atoms with Crippen LogP contribution in [0.1, 0.15) is 30.7 Å². The van der Waals surface area contributed by atoms with Gasteiger partial charge >= 0.3 is 17.9 Å². The van der Waals surface area contributed by atoms with Crippen molar-refractivity contribution in [2.75, 3.05) is 7.11 Å². The first kappa shape index (κ1) is 15.5. The Hall–Kier alpha value is -3.03. The zero-order valence-electron chi connectivity index (χ0n) is 13.3. The lowest BCUT2D eigenvalue weighted by Crippen LogP contribution is -2.15. The van der Waals surface area contributed by atoms with Crippen molar-refractivity contribution in [1.29, 1.82) is 0 Å². The van der Waals surface area contributed by atoms with Gasteiger partial charge in [0.25, 0.3) is 6.29 Å². The van der Waals surface area contributed by atoms with Gasteiger partial charge in [-0.15, -0.1) is 0 Å². The van der Waals surface area contributed by atoms with Gasteiger partial charge in [0.1, 0.15) is 23.0 Å². The second-order valence-corrected chi connectivity index (χ2v) is 5.83. The lowest BCUT2D eigenvalue weighted by Gasteiger charge is -2.11. The van der Waals surface area contributed by atoms with Gasteiger partial charge in [0, 0.05) is 24.1 Å². The summed E-state index contributed by atoms with van der Waals surface area (Å²) in [4.78, 5) is 34.7. The predicted molar refractivity (Wildman–Crippen MR) is 79.9 cm³/mol. The maximum Gasteiger partial charge on any atom is 0.339 e. The third-order valence-corrected chi connectivity index (χ3v) is 4.20. The Bertz CT molecular complexity index is 809. The molecule has 0 aromatic heterocycles. The molecule has 0 radical (unpaired) electrons. The van der Waals surface area contributed by atoms with Crippen LogP contribution >= 0.6 is 0 Å². The molecule has 3 aliphatic rings. The Labute approximate surface area is 142 Å². The Balaban J connectivity index is 1.63. The maximum absolute atomic E-state index is 12.2. The van der Waals surface area contributed by atoms with Gasteiger partial charge in [-0.2, -0.15) is 0 Å². The van der Waals surface area contributed by atoms with Gasteiger partial charge in [-0.25, -0.2) is 4.79 Å². The minimum absolute atomic E-state index is 0.146. The number of cyclic esters (lactones) is 1. The molecule has 1 aromatic rings. The van der Waals surface area contributed by atoms with E-state index in [4.69, 9.17) is 23.7 Å². The molecule has 0 N–H and O–H groups in total. The molecule has 0 spiro atoms. The number of hydrogen-bond acceptors (Lipinski definition) is 8. The highest BCUT2D eigenvalue weighted by molar-refractivity contribution is 5.87. The molecule has 4 rings (SSSR count). The molecule has 0 unspecified atom stereocenters. The highest BCUT2D eigenvalue weighted by Crippen LogP contribution is 2.50. The summed E-state index contributed by atoms with van der Waals surface area (Å²) in [5.74, 6) is -0.387. The molecule has 3 heterocycles. The van der Waals surface area contributed by atoms with Gasteiger partial charge in [0.15, 0.2) is 0 Å². The number of carbonyl (C=O) groups excluding carboxylic acids is 3. The molecular weight excluding hydrogens is 332 g/mol. The molecule has 0 saturated carbocycles. The van der Waals surface area contributed by atoms with Gasteiger partial charge in [0.2, 0.25) is 0 Å². The van der Waals surface area contributed by atoms with Crippen LogP contribution in [0, 0.1) is 0 Å². The van der Waals surface area contributed by atoms with Crippen LogP contribution in [0.4, 0.5) is 0 Å². The average molecular weight is 346 g/mol. The van der Waals surface area contributed by atoms with Gasteiger partial charge in [-0.1, -0.05) is 0 Å². The summed E-state index contributed by atoms with van der Waals surface area (Å²) in [5.41, 5.74) is 0.590. The van der Waals surface area contributed by atoms with Crippen molar-refractivity contribution >= 4 is 17.9 Å². The van der Waals surface area contributed by atoms with E-state index in [-0.39, 0.29) is 42.2 Å². The first-order chi connectivity index (χ1) is 12.0. The van der Waals surface area contributed by atoms with Gasteiger partial charge < -0.3 is 23.7 Å². The Morgan fingerprint density at radius 1 is 1.20 bits per heavy atom. The van der Waals surface area contributed by atoms with Crippen LogP contribution in [0.15, 0.2) is 24.0 Å². The van der Waals surface area contributed by atoms with E-state index in [2.05, 4.69) is 0 Å². The number of rotatable bonds is 3. The van der Waals surface area contributed by atoms with E-state index in [1.165, 1.54) is 7.11 Å². The first-order valence-electron chi connectivity index (χ1n) is 7.74. The largest absolute Gasteiger partial charge is 0.496 e. The summed E-state index contributed by atoms with van der Waals surface area (Å²) in [6.45, 7) is 0. The van der Waals surface area contributed by atoms with E-state index in [9.17, 15) is 14.4 Å². The summed E-state index contributed by atoms with van der Waals surface area (Å²) in [7, 11) is 1.48.